The predicted molar refractivity (Wildman–Crippen MR) is 93.7 cm³/mol. The Morgan fingerprint density at radius 1 is 1.42 bits per heavy atom. The largest absolute Gasteiger partial charge is 0.360 e. The van der Waals surface area contributed by atoms with Crippen LogP contribution in [0.4, 0.5) is 0 Å². The molecular formula is C18H26N2O3S. The molecule has 3 fully saturated rings. The van der Waals surface area contributed by atoms with Gasteiger partial charge in [0, 0.05) is 31.1 Å². The monoisotopic (exact) mass is 350 g/mol. The maximum Gasteiger partial charge on any atom is 0.230 e. The number of thioether (sulfide) groups is 1. The fraction of sp³-hybridized carbons (Fsp3) is 0.778. The summed E-state index contributed by atoms with van der Waals surface area (Å²) in [7, 11) is 0. The zero-order valence-electron chi connectivity index (χ0n) is 14.4. The summed E-state index contributed by atoms with van der Waals surface area (Å²) in [5.41, 5.74) is -0.552. The number of hydrogen-bond acceptors (Lipinski definition) is 4. The van der Waals surface area contributed by atoms with E-state index in [1.165, 1.54) is 0 Å². The van der Waals surface area contributed by atoms with E-state index in [9.17, 15) is 9.59 Å². The molecule has 5 nitrogen and oxygen atoms in total. The van der Waals surface area contributed by atoms with Crippen molar-refractivity contribution in [3.63, 3.8) is 0 Å². The molecule has 0 N–H and O–H groups in total. The van der Waals surface area contributed by atoms with Crippen LogP contribution in [0.5, 0.6) is 0 Å². The average molecular weight is 350 g/mol. The molecular weight excluding hydrogens is 324 g/mol. The van der Waals surface area contributed by atoms with Crippen molar-refractivity contribution in [2.75, 3.05) is 37.7 Å². The average Bonchev–Trinajstić information content (AvgIpc) is 3.21. The summed E-state index contributed by atoms with van der Waals surface area (Å²) in [4.78, 5) is 30.0. The van der Waals surface area contributed by atoms with Crippen molar-refractivity contribution >= 4 is 23.6 Å². The second-order valence-electron chi connectivity index (χ2n) is 7.78. The number of hydrogen-bond donors (Lipinski definition) is 0. The Kier molecular flexibility index (Phi) is 4.15. The lowest BCUT2D eigenvalue weighted by Crippen LogP contribution is -2.48. The van der Waals surface area contributed by atoms with E-state index in [4.69, 9.17) is 4.74 Å². The fourth-order valence-electron chi connectivity index (χ4n) is 4.46. The Labute approximate surface area is 147 Å². The fourth-order valence-corrected chi connectivity index (χ4v) is 5.36. The molecule has 0 aromatic carbocycles. The summed E-state index contributed by atoms with van der Waals surface area (Å²) in [5.74, 6) is 2.14. The van der Waals surface area contributed by atoms with Gasteiger partial charge in [-0.1, -0.05) is 26.0 Å². The molecule has 0 radical (unpaired) electrons. The van der Waals surface area contributed by atoms with Crippen LogP contribution in [-0.2, 0) is 14.3 Å². The summed E-state index contributed by atoms with van der Waals surface area (Å²) in [5, 5.41) is 0. The molecule has 24 heavy (non-hydrogen) atoms. The van der Waals surface area contributed by atoms with Crippen LogP contribution in [-0.4, -0.2) is 71.0 Å². The molecule has 4 atom stereocenters. The molecule has 132 valence electrons. The van der Waals surface area contributed by atoms with Gasteiger partial charge in [-0.25, -0.2) is 0 Å². The third-order valence-electron chi connectivity index (χ3n) is 5.76. The van der Waals surface area contributed by atoms with E-state index in [1.807, 2.05) is 33.7 Å². The third kappa shape index (κ3) is 2.49. The highest BCUT2D eigenvalue weighted by atomic mass is 32.2. The second kappa shape index (κ2) is 6.06. The summed E-state index contributed by atoms with van der Waals surface area (Å²) in [6.07, 6.45) is 4.83. The minimum atomic E-state index is -0.552. The molecule has 0 aromatic rings. The number of ether oxygens (including phenoxy) is 1. The Bertz CT molecular complexity index is 573. The summed E-state index contributed by atoms with van der Waals surface area (Å²) < 4.78 is 6.19. The van der Waals surface area contributed by atoms with Crippen LogP contribution in [0.3, 0.4) is 0 Å². The lowest BCUT2D eigenvalue weighted by Gasteiger charge is -2.32. The molecule has 3 saturated heterocycles. The van der Waals surface area contributed by atoms with Gasteiger partial charge in [-0.2, -0.15) is 11.8 Å². The van der Waals surface area contributed by atoms with Crippen LogP contribution < -0.4 is 0 Å². The van der Waals surface area contributed by atoms with E-state index >= 15 is 0 Å². The van der Waals surface area contributed by atoms with Crippen LogP contribution in [0.2, 0.25) is 0 Å². The van der Waals surface area contributed by atoms with Crippen LogP contribution >= 0.6 is 11.8 Å². The van der Waals surface area contributed by atoms with Gasteiger partial charge in [-0.15, -0.1) is 0 Å². The number of carbonyl (C=O) groups excluding carboxylic acids is 2. The molecule has 4 heterocycles. The first-order valence-corrected chi connectivity index (χ1v) is 10.2. The number of nitrogens with zero attached hydrogens (tertiary/aromatic N) is 2. The molecule has 4 aliphatic rings. The van der Waals surface area contributed by atoms with Crippen molar-refractivity contribution in [1.82, 2.24) is 9.80 Å². The number of likely N-dealkylation sites (tertiary alicyclic amines) is 1. The summed E-state index contributed by atoms with van der Waals surface area (Å²) >= 11 is 1.89. The van der Waals surface area contributed by atoms with Gasteiger partial charge in [0.2, 0.25) is 11.8 Å². The van der Waals surface area contributed by atoms with Crippen molar-refractivity contribution in [1.29, 1.82) is 0 Å². The van der Waals surface area contributed by atoms with Crippen molar-refractivity contribution in [2.45, 2.75) is 32.0 Å². The standard InChI is InChI=1S/C18H26N2O3S/c1-12(2)4-6-20-11-18-5-3-13(23-18)14(15(18)17(20)22)16(21)19-7-9-24-10-8-19/h3,5,12-15H,4,6-11H2,1-2H3/t13-,14-,15-,18-/m0/s1. The number of rotatable bonds is 4. The Hall–Kier alpha value is -1.01. The highest BCUT2D eigenvalue weighted by molar-refractivity contribution is 7.99. The van der Waals surface area contributed by atoms with Crippen LogP contribution in [0.15, 0.2) is 12.2 Å². The maximum absolute atomic E-state index is 13.1. The first kappa shape index (κ1) is 16.5. The zero-order chi connectivity index (χ0) is 16.9. The molecule has 2 amide bonds. The number of fused-ring (bicyclic) bond motifs is 1. The number of carbonyl (C=O) groups is 2. The molecule has 1 spiro atoms. The Morgan fingerprint density at radius 2 is 2.17 bits per heavy atom. The molecule has 0 saturated carbocycles. The van der Waals surface area contributed by atoms with Gasteiger partial charge < -0.3 is 14.5 Å². The second-order valence-corrected chi connectivity index (χ2v) is 9.00. The van der Waals surface area contributed by atoms with Crippen LogP contribution in [0.25, 0.3) is 0 Å². The van der Waals surface area contributed by atoms with Gasteiger partial charge in [0.1, 0.15) is 5.60 Å². The van der Waals surface area contributed by atoms with Gasteiger partial charge in [0.25, 0.3) is 0 Å². The van der Waals surface area contributed by atoms with Crippen molar-refractivity contribution < 1.29 is 14.3 Å². The summed E-state index contributed by atoms with van der Waals surface area (Å²) in [6, 6.07) is 0. The van der Waals surface area contributed by atoms with E-state index in [0.29, 0.717) is 12.5 Å². The highest BCUT2D eigenvalue weighted by Crippen LogP contribution is 2.52. The molecule has 0 aromatic heterocycles. The molecule has 2 bridgehead atoms. The minimum absolute atomic E-state index is 0.118. The predicted octanol–water partition coefficient (Wildman–Crippen LogP) is 1.39. The normalized spacial score (nSPS) is 37.6. The van der Waals surface area contributed by atoms with Gasteiger partial charge >= 0.3 is 0 Å². The molecule has 4 rings (SSSR count). The third-order valence-corrected chi connectivity index (χ3v) is 6.71. The van der Waals surface area contributed by atoms with Crippen molar-refractivity contribution in [3.05, 3.63) is 12.2 Å². The minimum Gasteiger partial charge on any atom is -0.360 e. The van der Waals surface area contributed by atoms with E-state index < -0.39 is 5.60 Å². The molecule has 6 heteroatoms. The van der Waals surface area contributed by atoms with Crippen molar-refractivity contribution in [2.24, 2.45) is 17.8 Å². The SMILES string of the molecule is CC(C)CCN1C[C@]23C=C[C@H](O2)[C@H](C(=O)N2CCSCC2)[C@H]3C1=O. The van der Waals surface area contributed by atoms with E-state index in [-0.39, 0.29) is 29.8 Å². The van der Waals surface area contributed by atoms with Crippen LogP contribution in [0.1, 0.15) is 20.3 Å². The van der Waals surface area contributed by atoms with E-state index in [2.05, 4.69) is 13.8 Å². The topological polar surface area (TPSA) is 49.9 Å². The highest BCUT2D eigenvalue weighted by Gasteiger charge is 2.67. The maximum atomic E-state index is 13.1. The molecule has 4 aliphatic heterocycles. The first-order chi connectivity index (χ1) is 11.5. The quantitative estimate of drug-likeness (QED) is 0.719. The van der Waals surface area contributed by atoms with Crippen LogP contribution in [0, 0.1) is 17.8 Å². The van der Waals surface area contributed by atoms with Gasteiger partial charge in [-0.3, -0.25) is 9.59 Å². The molecule has 0 aliphatic carbocycles. The van der Waals surface area contributed by atoms with Gasteiger partial charge in [-0.05, 0) is 12.3 Å². The number of amides is 2. The Morgan fingerprint density at radius 3 is 2.88 bits per heavy atom. The first-order valence-electron chi connectivity index (χ1n) is 9.04. The summed E-state index contributed by atoms with van der Waals surface area (Å²) in [6.45, 7) is 7.29. The smallest absolute Gasteiger partial charge is 0.230 e. The Balaban J connectivity index is 1.54. The van der Waals surface area contributed by atoms with Gasteiger partial charge in [0.15, 0.2) is 0 Å². The van der Waals surface area contributed by atoms with E-state index in [1.54, 1.807) is 0 Å². The lowest BCUT2D eigenvalue weighted by atomic mass is 9.76. The zero-order valence-corrected chi connectivity index (χ0v) is 15.3. The van der Waals surface area contributed by atoms with Crippen molar-refractivity contribution in [3.8, 4) is 0 Å². The lowest BCUT2D eigenvalue weighted by molar-refractivity contribution is -0.143. The molecule has 0 unspecified atom stereocenters. The van der Waals surface area contributed by atoms with E-state index in [0.717, 1.165) is 37.6 Å². The van der Waals surface area contributed by atoms with Gasteiger partial charge in [0.05, 0.1) is 24.5 Å².